The molecule has 2 fully saturated rings. The molecule has 0 radical (unpaired) electrons. The van der Waals surface area contributed by atoms with Gasteiger partial charge in [0, 0.05) is 25.2 Å². The normalized spacial score (nSPS) is 22.4. The molecule has 126 valence electrons. The molecule has 1 saturated heterocycles. The molecule has 3 rings (SSSR count). The molecule has 1 saturated carbocycles. The minimum absolute atomic E-state index is 0.0523. The van der Waals surface area contributed by atoms with Crippen LogP contribution in [0.15, 0.2) is 29.2 Å². The van der Waals surface area contributed by atoms with Crippen LogP contribution in [0.2, 0.25) is 0 Å². The zero-order valence-corrected chi connectivity index (χ0v) is 14.3. The monoisotopic (exact) mass is 336 g/mol. The maximum atomic E-state index is 12.6. The highest BCUT2D eigenvalue weighted by Crippen LogP contribution is 2.29. The van der Waals surface area contributed by atoms with E-state index in [0.29, 0.717) is 10.5 Å². The van der Waals surface area contributed by atoms with Gasteiger partial charge in [-0.25, -0.2) is 8.42 Å². The maximum Gasteiger partial charge on any atom is 0.253 e. The lowest BCUT2D eigenvalue weighted by atomic mass is 10.1. The molecule has 0 bridgehead atoms. The van der Waals surface area contributed by atoms with Crippen LogP contribution in [0.25, 0.3) is 0 Å². The van der Waals surface area contributed by atoms with Crippen LogP contribution >= 0.6 is 0 Å². The molecule has 1 aromatic carbocycles. The number of likely N-dealkylation sites (N-methyl/N-ethyl adjacent to an activating group) is 1. The Kier molecular flexibility index (Phi) is 4.73. The third-order valence-corrected chi connectivity index (χ3v) is 7.35. The molecule has 1 N–H and O–H groups in total. The Morgan fingerprint density at radius 3 is 2.35 bits per heavy atom. The van der Waals surface area contributed by atoms with E-state index in [1.807, 2.05) is 7.05 Å². The van der Waals surface area contributed by atoms with Gasteiger partial charge in [-0.15, -0.1) is 0 Å². The van der Waals surface area contributed by atoms with Crippen LogP contribution in [-0.2, 0) is 9.84 Å². The van der Waals surface area contributed by atoms with Gasteiger partial charge in [0.25, 0.3) is 5.91 Å². The van der Waals surface area contributed by atoms with Crippen molar-refractivity contribution in [2.75, 3.05) is 20.1 Å². The van der Waals surface area contributed by atoms with Gasteiger partial charge in [-0.1, -0.05) is 12.8 Å². The standard InChI is InChI=1S/C17H24N2O3S/c1-19(14-10-11-18-12-14)17(20)13-6-8-16(9-7-13)23(21,22)15-4-2-3-5-15/h6-9,14-15,18H,2-5,10-12H2,1H3. The summed E-state index contributed by atoms with van der Waals surface area (Å²) < 4.78 is 25.1. The Morgan fingerprint density at radius 2 is 1.78 bits per heavy atom. The second kappa shape index (κ2) is 6.61. The largest absolute Gasteiger partial charge is 0.337 e. The van der Waals surface area contributed by atoms with E-state index in [1.165, 1.54) is 0 Å². The van der Waals surface area contributed by atoms with Gasteiger partial charge in [0.1, 0.15) is 0 Å². The van der Waals surface area contributed by atoms with E-state index in [1.54, 1.807) is 29.2 Å². The maximum absolute atomic E-state index is 12.6. The molecule has 0 spiro atoms. The molecule has 1 aromatic rings. The number of sulfone groups is 1. The van der Waals surface area contributed by atoms with Crippen molar-refractivity contribution in [2.45, 2.75) is 48.3 Å². The summed E-state index contributed by atoms with van der Waals surface area (Å²) in [6, 6.07) is 6.67. The lowest BCUT2D eigenvalue weighted by Crippen LogP contribution is -2.38. The van der Waals surface area contributed by atoms with Crippen LogP contribution in [0, 0.1) is 0 Å². The van der Waals surface area contributed by atoms with Crippen LogP contribution in [0.1, 0.15) is 42.5 Å². The smallest absolute Gasteiger partial charge is 0.253 e. The number of carbonyl (C=O) groups is 1. The Hall–Kier alpha value is -1.40. The molecule has 1 atom stereocenters. The van der Waals surface area contributed by atoms with Crippen molar-refractivity contribution in [1.82, 2.24) is 10.2 Å². The molecule has 6 heteroatoms. The molecule has 1 aliphatic carbocycles. The summed E-state index contributed by atoms with van der Waals surface area (Å²) in [5.74, 6) is -0.0523. The van der Waals surface area contributed by atoms with E-state index in [9.17, 15) is 13.2 Å². The van der Waals surface area contributed by atoms with E-state index < -0.39 is 9.84 Å². The average Bonchev–Trinajstić information content (AvgIpc) is 3.26. The van der Waals surface area contributed by atoms with Crippen LogP contribution in [0.5, 0.6) is 0 Å². The van der Waals surface area contributed by atoms with Gasteiger partial charge >= 0.3 is 0 Å². The lowest BCUT2D eigenvalue weighted by Gasteiger charge is -2.24. The molecule has 1 heterocycles. The summed E-state index contributed by atoms with van der Waals surface area (Å²) in [5.41, 5.74) is 0.546. The first-order chi connectivity index (χ1) is 11.0. The third kappa shape index (κ3) is 3.28. The number of nitrogens with one attached hydrogen (secondary N) is 1. The van der Waals surface area contributed by atoms with Crippen LogP contribution in [0.3, 0.4) is 0 Å². The summed E-state index contributed by atoms with van der Waals surface area (Å²) in [6.45, 7) is 1.75. The molecular formula is C17H24N2O3S. The van der Waals surface area contributed by atoms with Gasteiger partial charge < -0.3 is 10.2 Å². The van der Waals surface area contributed by atoms with Gasteiger partial charge in [0.05, 0.1) is 10.1 Å². The minimum Gasteiger partial charge on any atom is -0.337 e. The molecule has 2 aliphatic rings. The number of nitrogens with zero attached hydrogens (tertiary/aromatic N) is 1. The van der Waals surface area contributed by atoms with Crippen molar-refractivity contribution in [1.29, 1.82) is 0 Å². The van der Waals surface area contributed by atoms with Crippen LogP contribution in [-0.4, -0.2) is 50.7 Å². The highest BCUT2D eigenvalue weighted by atomic mass is 32.2. The molecular weight excluding hydrogens is 312 g/mol. The number of carbonyl (C=O) groups excluding carboxylic acids is 1. The molecule has 1 amide bonds. The first kappa shape index (κ1) is 16.5. The summed E-state index contributed by atoms with van der Waals surface area (Å²) >= 11 is 0. The Morgan fingerprint density at radius 1 is 1.13 bits per heavy atom. The van der Waals surface area contributed by atoms with Crippen LogP contribution < -0.4 is 5.32 Å². The van der Waals surface area contributed by atoms with Gasteiger partial charge in [-0.3, -0.25) is 4.79 Å². The predicted octanol–water partition coefficient (Wildman–Crippen LogP) is 1.84. The first-order valence-corrected chi connectivity index (χ1v) is 9.86. The van der Waals surface area contributed by atoms with Crippen molar-refractivity contribution in [2.24, 2.45) is 0 Å². The second-order valence-electron chi connectivity index (χ2n) is 6.54. The van der Waals surface area contributed by atoms with E-state index in [0.717, 1.165) is 45.2 Å². The predicted molar refractivity (Wildman–Crippen MR) is 89.3 cm³/mol. The van der Waals surface area contributed by atoms with Crippen molar-refractivity contribution in [3.63, 3.8) is 0 Å². The Bertz CT molecular complexity index is 658. The van der Waals surface area contributed by atoms with E-state index in [4.69, 9.17) is 0 Å². The van der Waals surface area contributed by atoms with Gasteiger partial charge in [0.15, 0.2) is 9.84 Å². The van der Waals surface area contributed by atoms with Crippen molar-refractivity contribution < 1.29 is 13.2 Å². The summed E-state index contributed by atoms with van der Waals surface area (Å²) in [7, 11) is -1.44. The molecule has 5 nitrogen and oxygen atoms in total. The van der Waals surface area contributed by atoms with Gasteiger partial charge in [-0.2, -0.15) is 0 Å². The topological polar surface area (TPSA) is 66.5 Å². The minimum atomic E-state index is -3.25. The Balaban J connectivity index is 1.75. The highest BCUT2D eigenvalue weighted by Gasteiger charge is 2.30. The second-order valence-corrected chi connectivity index (χ2v) is 8.77. The highest BCUT2D eigenvalue weighted by molar-refractivity contribution is 7.92. The number of benzene rings is 1. The summed E-state index contributed by atoms with van der Waals surface area (Å²) in [6.07, 6.45) is 4.43. The van der Waals surface area contributed by atoms with Gasteiger partial charge in [-0.05, 0) is 50.1 Å². The third-order valence-electron chi connectivity index (χ3n) is 5.07. The fraction of sp³-hybridized carbons (Fsp3) is 0.588. The fourth-order valence-corrected chi connectivity index (χ4v) is 5.37. The summed E-state index contributed by atoms with van der Waals surface area (Å²) in [4.78, 5) is 14.6. The Labute approximate surface area is 138 Å². The van der Waals surface area contributed by atoms with Gasteiger partial charge in [0.2, 0.25) is 0 Å². The van der Waals surface area contributed by atoms with E-state index >= 15 is 0 Å². The number of hydrogen-bond acceptors (Lipinski definition) is 4. The van der Waals surface area contributed by atoms with E-state index in [-0.39, 0.29) is 17.2 Å². The average molecular weight is 336 g/mol. The van der Waals surface area contributed by atoms with Crippen molar-refractivity contribution in [3.8, 4) is 0 Å². The first-order valence-electron chi connectivity index (χ1n) is 8.32. The SMILES string of the molecule is CN(C(=O)c1ccc(S(=O)(=O)C2CCCC2)cc1)C1CCNC1. The molecule has 23 heavy (non-hydrogen) atoms. The van der Waals surface area contributed by atoms with Crippen molar-refractivity contribution in [3.05, 3.63) is 29.8 Å². The zero-order chi connectivity index (χ0) is 16.4. The summed E-state index contributed by atoms with van der Waals surface area (Å²) in [5, 5.41) is 2.99. The quantitative estimate of drug-likeness (QED) is 0.911. The molecule has 1 unspecified atom stereocenters. The van der Waals surface area contributed by atoms with Crippen molar-refractivity contribution >= 4 is 15.7 Å². The van der Waals surface area contributed by atoms with Crippen LogP contribution in [0.4, 0.5) is 0 Å². The zero-order valence-electron chi connectivity index (χ0n) is 13.5. The lowest BCUT2D eigenvalue weighted by molar-refractivity contribution is 0.0743. The fourth-order valence-electron chi connectivity index (χ4n) is 3.52. The molecule has 0 aromatic heterocycles. The molecule has 1 aliphatic heterocycles. The number of amides is 1. The number of rotatable bonds is 4. The van der Waals surface area contributed by atoms with E-state index in [2.05, 4.69) is 5.32 Å². The number of hydrogen-bond donors (Lipinski definition) is 1.